The lowest BCUT2D eigenvalue weighted by Crippen LogP contribution is -1.84. The molecule has 0 aromatic carbocycles. The minimum absolute atomic E-state index is 0.0914. The number of aromatic hydroxyl groups is 1. The third-order valence-electron chi connectivity index (χ3n) is 1.28. The molecule has 0 aliphatic rings. The average molecular weight is 138 g/mol. The molecule has 0 aliphatic carbocycles. The standard InChI is InChI=1S/C5H6N4O/c6-5-7-2-1-3(10)8-4(2)9-5/h1,8,10H,(H3,6,7,9). The summed E-state index contributed by atoms with van der Waals surface area (Å²) in [7, 11) is 0. The third-order valence-corrected chi connectivity index (χ3v) is 1.28. The van der Waals surface area contributed by atoms with E-state index in [0.29, 0.717) is 11.6 Å². The highest BCUT2D eigenvalue weighted by molar-refractivity contribution is 5.75. The smallest absolute Gasteiger partial charge is 0.199 e. The normalized spacial score (nSPS) is 10.8. The number of nitrogens with one attached hydrogen (secondary N) is 2. The van der Waals surface area contributed by atoms with Crippen molar-refractivity contribution < 1.29 is 5.11 Å². The molecule has 0 unspecified atom stereocenters. The van der Waals surface area contributed by atoms with Crippen molar-refractivity contribution in [1.29, 1.82) is 0 Å². The number of aromatic nitrogens is 3. The van der Waals surface area contributed by atoms with Gasteiger partial charge in [0.2, 0.25) is 0 Å². The van der Waals surface area contributed by atoms with Crippen LogP contribution < -0.4 is 5.73 Å². The van der Waals surface area contributed by atoms with Gasteiger partial charge in [0.25, 0.3) is 0 Å². The number of rotatable bonds is 0. The highest BCUT2D eigenvalue weighted by atomic mass is 16.3. The molecule has 0 atom stereocenters. The molecular weight excluding hydrogens is 132 g/mol. The van der Waals surface area contributed by atoms with Gasteiger partial charge in [-0.05, 0) is 0 Å². The minimum atomic E-state index is 0.0914. The second-order valence-electron chi connectivity index (χ2n) is 2.04. The van der Waals surface area contributed by atoms with Crippen molar-refractivity contribution in [2.24, 2.45) is 0 Å². The molecule has 5 heteroatoms. The van der Waals surface area contributed by atoms with Crippen LogP contribution in [0.15, 0.2) is 6.07 Å². The Morgan fingerprint density at radius 3 is 3.00 bits per heavy atom. The van der Waals surface area contributed by atoms with Crippen molar-refractivity contribution in [3.8, 4) is 5.88 Å². The lowest BCUT2D eigenvalue weighted by atomic mass is 10.6. The van der Waals surface area contributed by atoms with Gasteiger partial charge in [0.05, 0.1) is 5.52 Å². The Labute approximate surface area is 55.9 Å². The first kappa shape index (κ1) is 5.16. The van der Waals surface area contributed by atoms with Crippen LogP contribution in [0.1, 0.15) is 0 Å². The summed E-state index contributed by atoms with van der Waals surface area (Å²) >= 11 is 0. The topological polar surface area (TPSA) is 90.7 Å². The SMILES string of the molecule is Nc1nc2[nH]c(O)cc2[nH]1. The van der Waals surface area contributed by atoms with E-state index in [-0.39, 0.29) is 5.88 Å². The van der Waals surface area contributed by atoms with E-state index < -0.39 is 0 Å². The monoisotopic (exact) mass is 138 g/mol. The quantitative estimate of drug-likeness (QED) is 0.418. The number of hydrogen-bond acceptors (Lipinski definition) is 3. The van der Waals surface area contributed by atoms with Crippen molar-refractivity contribution in [1.82, 2.24) is 15.0 Å². The van der Waals surface area contributed by atoms with E-state index in [1.807, 2.05) is 0 Å². The van der Waals surface area contributed by atoms with Crippen molar-refractivity contribution in [2.75, 3.05) is 5.73 Å². The summed E-state index contributed by atoms with van der Waals surface area (Å²) in [5, 5.41) is 8.88. The number of anilines is 1. The zero-order valence-electron chi connectivity index (χ0n) is 5.05. The highest BCUT2D eigenvalue weighted by Gasteiger charge is 2.01. The minimum Gasteiger partial charge on any atom is -0.494 e. The van der Waals surface area contributed by atoms with Gasteiger partial charge in [0, 0.05) is 6.07 Å². The van der Waals surface area contributed by atoms with Crippen molar-refractivity contribution in [3.63, 3.8) is 0 Å². The number of nitrogens with zero attached hydrogens (tertiary/aromatic N) is 1. The molecule has 2 aromatic rings. The first-order valence-electron chi connectivity index (χ1n) is 2.79. The predicted molar refractivity (Wildman–Crippen MR) is 36.5 cm³/mol. The van der Waals surface area contributed by atoms with Crippen LogP contribution in [0.5, 0.6) is 5.88 Å². The first-order chi connectivity index (χ1) is 4.75. The molecule has 0 bridgehead atoms. The van der Waals surface area contributed by atoms with Gasteiger partial charge in [-0.25, -0.2) is 0 Å². The summed E-state index contributed by atoms with van der Waals surface area (Å²) in [6, 6.07) is 1.53. The lowest BCUT2D eigenvalue weighted by molar-refractivity contribution is 0.458. The maximum absolute atomic E-state index is 8.88. The van der Waals surface area contributed by atoms with Crippen LogP contribution in [0.2, 0.25) is 0 Å². The summed E-state index contributed by atoms with van der Waals surface area (Å²) < 4.78 is 0. The molecule has 2 heterocycles. The second-order valence-corrected chi connectivity index (χ2v) is 2.04. The molecule has 52 valence electrons. The Morgan fingerprint density at radius 1 is 1.50 bits per heavy atom. The maximum atomic E-state index is 8.88. The molecule has 2 aromatic heterocycles. The Morgan fingerprint density at radius 2 is 2.30 bits per heavy atom. The fourth-order valence-corrected chi connectivity index (χ4v) is 0.900. The first-order valence-corrected chi connectivity index (χ1v) is 2.79. The van der Waals surface area contributed by atoms with Crippen LogP contribution in [-0.4, -0.2) is 20.1 Å². The number of aromatic amines is 2. The Hall–Kier alpha value is -1.65. The molecule has 5 N–H and O–H groups in total. The number of hydrogen-bond donors (Lipinski definition) is 4. The van der Waals surface area contributed by atoms with Gasteiger partial charge in [0.15, 0.2) is 17.5 Å². The molecule has 5 nitrogen and oxygen atoms in total. The molecule has 0 fully saturated rings. The van der Waals surface area contributed by atoms with E-state index in [1.165, 1.54) is 6.07 Å². The molecule has 10 heavy (non-hydrogen) atoms. The lowest BCUT2D eigenvalue weighted by Gasteiger charge is -1.78. The maximum Gasteiger partial charge on any atom is 0.199 e. The van der Waals surface area contributed by atoms with Crippen LogP contribution in [0.3, 0.4) is 0 Å². The Bertz CT molecular complexity index is 297. The van der Waals surface area contributed by atoms with Gasteiger partial charge in [-0.2, -0.15) is 4.98 Å². The van der Waals surface area contributed by atoms with Gasteiger partial charge in [-0.3, -0.25) is 0 Å². The Balaban J connectivity index is 2.83. The number of H-pyrrole nitrogens is 2. The summed E-state index contributed by atoms with van der Waals surface area (Å²) in [5.41, 5.74) is 6.61. The zero-order valence-corrected chi connectivity index (χ0v) is 5.05. The van der Waals surface area contributed by atoms with Gasteiger partial charge in [0.1, 0.15) is 0 Å². The van der Waals surface area contributed by atoms with E-state index in [1.54, 1.807) is 0 Å². The molecule has 0 amide bonds. The van der Waals surface area contributed by atoms with E-state index in [0.717, 1.165) is 5.52 Å². The Kier molecular flexibility index (Phi) is 0.743. The predicted octanol–water partition coefficient (Wildman–Crippen LogP) is 0.179. The number of fused-ring (bicyclic) bond motifs is 1. The number of nitrogens with two attached hydrogens (primary N) is 1. The summed E-state index contributed by atoms with van der Waals surface area (Å²) in [5.74, 6) is 0.440. The number of nitrogen functional groups attached to an aromatic ring is 1. The third kappa shape index (κ3) is 0.540. The van der Waals surface area contributed by atoms with Crippen LogP contribution in [0.25, 0.3) is 11.2 Å². The molecule has 0 spiro atoms. The second kappa shape index (κ2) is 1.44. The highest BCUT2D eigenvalue weighted by Crippen LogP contribution is 2.16. The fourth-order valence-electron chi connectivity index (χ4n) is 0.900. The van der Waals surface area contributed by atoms with E-state index in [9.17, 15) is 0 Å². The van der Waals surface area contributed by atoms with Gasteiger partial charge in [-0.1, -0.05) is 0 Å². The molecule has 2 rings (SSSR count). The summed E-state index contributed by atoms with van der Waals surface area (Å²) in [4.78, 5) is 9.21. The van der Waals surface area contributed by atoms with Crippen LogP contribution in [0.4, 0.5) is 5.95 Å². The van der Waals surface area contributed by atoms with Gasteiger partial charge >= 0.3 is 0 Å². The van der Waals surface area contributed by atoms with E-state index in [2.05, 4.69) is 15.0 Å². The van der Waals surface area contributed by atoms with E-state index >= 15 is 0 Å². The molecular formula is C5H6N4O. The van der Waals surface area contributed by atoms with Crippen molar-refractivity contribution in [2.45, 2.75) is 0 Å². The average Bonchev–Trinajstić information content (AvgIpc) is 2.21. The van der Waals surface area contributed by atoms with E-state index in [4.69, 9.17) is 10.8 Å². The molecule has 0 aliphatic heterocycles. The van der Waals surface area contributed by atoms with Crippen molar-refractivity contribution in [3.05, 3.63) is 6.07 Å². The number of imidazole rings is 1. The van der Waals surface area contributed by atoms with Gasteiger partial charge in [-0.15, -0.1) is 0 Å². The molecule has 0 saturated heterocycles. The molecule has 0 radical (unpaired) electrons. The fraction of sp³-hybridized carbons (Fsp3) is 0. The largest absolute Gasteiger partial charge is 0.494 e. The molecule has 0 saturated carbocycles. The van der Waals surface area contributed by atoms with Crippen LogP contribution in [0, 0.1) is 0 Å². The summed E-state index contributed by atoms with van der Waals surface area (Å²) in [6.07, 6.45) is 0. The van der Waals surface area contributed by atoms with Crippen molar-refractivity contribution >= 4 is 17.1 Å². The van der Waals surface area contributed by atoms with Crippen LogP contribution in [-0.2, 0) is 0 Å². The van der Waals surface area contributed by atoms with Crippen LogP contribution >= 0.6 is 0 Å². The zero-order chi connectivity index (χ0) is 7.14. The van der Waals surface area contributed by atoms with Gasteiger partial charge < -0.3 is 20.8 Å². The summed E-state index contributed by atoms with van der Waals surface area (Å²) in [6.45, 7) is 0.